The largest absolute Gasteiger partial charge is 0.490 e. The van der Waals surface area contributed by atoms with E-state index in [1.807, 2.05) is 5.32 Å². The van der Waals surface area contributed by atoms with E-state index >= 15 is 0 Å². The molecule has 0 spiro atoms. The average Bonchev–Trinajstić information content (AvgIpc) is 3.72. The smallest absolute Gasteiger partial charge is 0.451 e. The van der Waals surface area contributed by atoms with Crippen molar-refractivity contribution in [3.63, 3.8) is 0 Å². The minimum absolute atomic E-state index is 0.0791. The topological polar surface area (TPSA) is 109 Å². The van der Waals surface area contributed by atoms with Crippen LogP contribution in [0.5, 0.6) is 5.75 Å². The lowest BCUT2D eigenvalue weighted by molar-refractivity contribution is -0.265. The number of hydrogen-bond acceptors (Lipinski definition) is 7. The van der Waals surface area contributed by atoms with Gasteiger partial charge in [-0.05, 0) is 61.7 Å². The molecule has 0 radical (unpaired) electrons. The molecule has 1 aliphatic heterocycles. The molecule has 1 unspecified atom stereocenters. The highest BCUT2D eigenvalue weighted by Crippen LogP contribution is 2.47. The molecule has 3 heterocycles. The van der Waals surface area contributed by atoms with Crippen molar-refractivity contribution in [3.8, 4) is 17.0 Å². The minimum atomic E-state index is -5.41. The van der Waals surface area contributed by atoms with Gasteiger partial charge in [0.2, 0.25) is 11.4 Å². The molecule has 1 aliphatic carbocycles. The molecule has 230 valence electrons. The Labute approximate surface area is 240 Å². The van der Waals surface area contributed by atoms with Crippen LogP contribution in [0.4, 0.5) is 30.7 Å². The summed E-state index contributed by atoms with van der Waals surface area (Å²) in [7, 11) is 0. The third-order valence-corrected chi connectivity index (χ3v) is 7.46. The fraction of sp³-hybridized carbons (Fsp3) is 0.429. The van der Waals surface area contributed by atoms with E-state index < -0.39 is 58.9 Å². The van der Waals surface area contributed by atoms with Crippen LogP contribution in [0.1, 0.15) is 47.3 Å². The molecule has 8 nitrogen and oxygen atoms in total. The predicted molar refractivity (Wildman–Crippen MR) is 137 cm³/mol. The number of halogens is 7. The zero-order valence-corrected chi connectivity index (χ0v) is 22.6. The maximum atomic E-state index is 14.6. The number of ether oxygens (including phenoxy) is 1. The van der Waals surface area contributed by atoms with Gasteiger partial charge in [0, 0.05) is 29.3 Å². The van der Waals surface area contributed by atoms with E-state index in [0.717, 1.165) is 37.1 Å². The Balaban J connectivity index is 1.53. The normalized spacial score (nSPS) is 19.8. The van der Waals surface area contributed by atoms with Crippen molar-refractivity contribution in [2.75, 3.05) is 26.2 Å². The molecule has 1 fully saturated rings. The number of fused-ring (bicyclic) bond motifs is 1. The maximum absolute atomic E-state index is 14.6. The van der Waals surface area contributed by atoms with E-state index in [0.29, 0.717) is 30.8 Å². The molecule has 1 aromatic carbocycles. The molecule has 1 saturated carbocycles. The number of pyridine rings is 1. The number of aliphatic hydroxyl groups is 1. The van der Waals surface area contributed by atoms with Gasteiger partial charge in [0.25, 0.3) is 5.91 Å². The first kappa shape index (κ1) is 30.6. The summed E-state index contributed by atoms with van der Waals surface area (Å²) in [5, 5.41) is 16.3. The summed E-state index contributed by atoms with van der Waals surface area (Å²) in [6, 6.07) is 6.62. The fourth-order valence-electron chi connectivity index (χ4n) is 4.73. The number of benzene rings is 1. The van der Waals surface area contributed by atoms with Crippen LogP contribution >= 0.6 is 0 Å². The van der Waals surface area contributed by atoms with E-state index in [4.69, 9.17) is 4.74 Å². The Morgan fingerprint density at radius 2 is 1.79 bits per heavy atom. The molecule has 2 aliphatic rings. The number of carbonyl (C=O) groups excluding carboxylic acids is 1. The first-order valence-electron chi connectivity index (χ1n) is 13.2. The van der Waals surface area contributed by atoms with Crippen molar-refractivity contribution in [1.82, 2.24) is 25.6 Å². The summed E-state index contributed by atoms with van der Waals surface area (Å²) < 4.78 is 102. The van der Waals surface area contributed by atoms with Crippen molar-refractivity contribution in [1.29, 1.82) is 0 Å². The van der Waals surface area contributed by atoms with E-state index in [2.05, 4.69) is 20.3 Å². The van der Waals surface area contributed by atoms with Gasteiger partial charge in [0.1, 0.15) is 23.0 Å². The minimum Gasteiger partial charge on any atom is -0.490 e. The molecule has 15 heteroatoms. The Morgan fingerprint density at radius 1 is 1.09 bits per heavy atom. The summed E-state index contributed by atoms with van der Waals surface area (Å²) in [5.74, 6) is -2.98. The second-order valence-corrected chi connectivity index (χ2v) is 11.0. The zero-order chi connectivity index (χ0) is 31.2. The maximum Gasteiger partial charge on any atom is 0.451 e. The van der Waals surface area contributed by atoms with Crippen molar-refractivity contribution in [2.45, 2.75) is 43.1 Å². The van der Waals surface area contributed by atoms with Gasteiger partial charge < -0.3 is 20.5 Å². The number of amides is 1. The third kappa shape index (κ3) is 6.27. The van der Waals surface area contributed by atoms with Gasteiger partial charge in [-0.15, -0.1) is 0 Å². The van der Waals surface area contributed by atoms with Gasteiger partial charge in [-0.1, -0.05) is 6.92 Å². The first-order chi connectivity index (χ1) is 20.1. The number of carbonyl (C=O) groups is 1. The molecule has 1 amide bonds. The van der Waals surface area contributed by atoms with E-state index in [1.165, 1.54) is 12.1 Å². The highest BCUT2D eigenvalue weighted by molar-refractivity contribution is 5.92. The van der Waals surface area contributed by atoms with Gasteiger partial charge in [-0.2, -0.15) is 26.3 Å². The van der Waals surface area contributed by atoms with Crippen LogP contribution in [0.25, 0.3) is 11.3 Å². The standard InChI is InChI=1S/C28H26F7N5O3/c1-25(12-36-11-15-2-3-15)14-43-22-18(25)10-20(40-21(22)16-4-6-17(29)7-5-16)26(42,28(33,34)35)13-38-23(41)19-8-9-37-24(39-19)27(30,31)32/h4-10,15,36,42H,2-3,11-14H2,1H3,(H,38,41)/t25-,26?/m0/s1. The van der Waals surface area contributed by atoms with Crippen molar-refractivity contribution < 1.29 is 45.4 Å². The number of aromatic nitrogens is 3. The predicted octanol–water partition coefficient (Wildman–Crippen LogP) is 4.53. The summed E-state index contributed by atoms with van der Waals surface area (Å²) in [5.41, 5.74) is -5.96. The van der Waals surface area contributed by atoms with Gasteiger partial charge in [0.15, 0.2) is 0 Å². The van der Waals surface area contributed by atoms with Gasteiger partial charge in [-0.3, -0.25) is 4.79 Å². The molecular weight excluding hydrogens is 587 g/mol. The van der Waals surface area contributed by atoms with Crippen LogP contribution in [0.15, 0.2) is 42.6 Å². The molecule has 3 N–H and O–H groups in total. The number of hydrogen-bond donors (Lipinski definition) is 3. The lowest BCUT2D eigenvalue weighted by atomic mass is 9.82. The van der Waals surface area contributed by atoms with Crippen LogP contribution < -0.4 is 15.4 Å². The van der Waals surface area contributed by atoms with Crippen molar-refractivity contribution in [3.05, 3.63) is 71.2 Å². The molecule has 43 heavy (non-hydrogen) atoms. The molecule has 3 aromatic rings. The van der Waals surface area contributed by atoms with Crippen LogP contribution in [0.2, 0.25) is 0 Å². The quantitative estimate of drug-likeness (QED) is 0.305. The molecule has 5 rings (SSSR count). The Bertz CT molecular complexity index is 1510. The molecule has 2 aromatic heterocycles. The van der Waals surface area contributed by atoms with Crippen molar-refractivity contribution in [2.24, 2.45) is 5.92 Å². The van der Waals surface area contributed by atoms with E-state index in [1.54, 1.807) is 6.92 Å². The Hall–Kier alpha value is -3.85. The van der Waals surface area contributed by atoms with Gasteiger partial charge in [-0.25, -0.2) is 19.3 Å². The zero-order valence-electron chi connectivity index (χ0n) is 22.6. The lowest BCUT2D eigenvalue weighted by Crippen LogP contribution is -2.52. The van der Waals surface area contributed by atoms with Crippen LogP contribution in [-0.2, 0) is 17.2 Å². The summed E-state index contributed by atoms with van der Waals surface area (Å²) in [4.78, 5) is 22.8. The summed E-state index contributed by atoms with van der Waals surface area (Å²) in [6.07, 6.45) is -7.62. The molecule has 0 saturated heterocycles. The summed E-state index contributed by atoms with van der Waals surface area (Å²) in [6.45, 7) is 1.39. The average molecular weight is 614 g/mol. The fourth-order valence-corrected chi connectivity index (χ4v) is 4.73. The highest BCUT2D eigenvalue weighted by Gasteiger charge is 2.57. The van der Waals surface area contributed by atoms with Crippen LogP contribution in [0, 0.1) is 11.7 Å². The van der Waals surface area contributed by atoms with Crippen LogP contribution in [-0.4, -0.2) is 58.4 Å². The third-order valence-electron chi connectivity index (χ3n) is 7.46. The number of nitrogens with zero attached hydrogens (tertiary/aromatic N) is 3. The number of rotatable bonds is 9. The SMILES string of the molecule is C[C@]1(CNCC2CC2)COc2c1cc(C(O)(CNC(=O)c1ccnc(C(F)(F)F)n1)C(F)(F)F)nc2-c1ccc(F)cc1. The highest BCUT2D eigenvalue weighted by atomic mass is 19.4. The van der Waals surface area contributed by atoms with E-state index in [-0.39, 0.29) is 23.6 Å². The van der Waals surface area contributed by atoms with Gasteiger partial charge in [0.05, 0.1) is 18.8 Å². The Kier molecular flexibility index (Phi) is 7.84. The van der Waals surface area contributed by atoms with Crippen molar-refractivity contribution >= 4 is 5.91 Å². The number of nitrogens with one attached hydrogen (secondary N) is 2. The first-order valence-corrected chi connectivity index (χ1v) is 13.2. The lowest BCUT2D eigenvalue weighted by Gasteiger charge is -2.32. The number of alkyl halides is 6. The van der Waals surface area contributed by atoms with Gasteiger partial charge >= 0.3 is 12.4 Å². The Morgan fingerprint density at radius 3 is 2.42 bits per heavy atom. The van der Waals surface area contributed by atoms with E-state index in [9.17, 15) is 40.6 Å². The second kappa shape index (κ2) is 11.0. The molecular formula is C28H26F7N5O3. The molecule has 0 bridgehead atoms. The van der Waals surface area contributed by atoms with Crippen LogP contribution in [0.3, 0.4) is 0 Å². The molecule has 2 atom stereocenters. The monoisotopic (exact) mass is 613 g/mol. The second-order valence-electron chi connectivity index (χ2n) is 11.0. The summed E-state index contributed by atoms with van der Waals surface area (Å²) >= 11 is 0.